The van der Waals surface area contributed by atoms with Gasteiger partial charge in [0.2, 0.25) is 0 Å². The van der Waals surface area contributed by atoms with Gasteiger partial charge in [-0.3, -0.25) is 14.8 Å². The molecule has 0 N–H and O–H groups in total. The van der Waals surface area contributed by atoms with E-state index in [9.17, 15) is 14.9 Å². The number of esters is 1. The van der Waals surface area contributed by atoms with Crippen LogP contribution < -0.4 is 4.74 Å². The molecule has 1 saturated carbocycles. The molecule has 0 spiro atoms. The second-order valence-corrected chi connectivity index (χ2v) is 8.19. The van der Waals surface area contributed by atoms with Crippen LogP contribution in [0.5, 0.6) is 5.75 Å². The van der Waals surface area contributed by atoms with Crippen LogP contribution in [0.4, 0.5) is 5.69 Å². The Morgan fingerprint density at radius 2 is 2.00 bits per heavy atom. The topological polar surface area (TPSA) is 96.5 Å². The first-order chi connectivity index (χ1) is 16.0. The van der Waals surface area contributed by atoms with E-state index in [0.29, 0.717) is 12.1 Å². The maximum atomic E-state index is 12.9. The van der Waals surface area contributed by atoms with Crippen LogP contribution in [-0.4, -0.2) is 34.4 Å². The number of benzene rings is 2. The Bertz CT molecular complexity index is 1140. The highest BCUT2D eigenvalue weighted by Crippen LogP contribution is 2.45. The van der Waals surface area contributed by atoms with Gasteiger partial charge in [0, 0.05) is 18.1 Å². The summed E-state index contributed by atoms with van der Waals surface area (Å²) in [5.41, 5.74) is 3.01. The molecule has 0 radical (unpaired) electrons. The predicted molar refractivity (Wildman–Crippen MR) is 123 cm³/mol. The molecule has 1 fully saturated rings. The van der Waals surface area contributed by atoms with Gasteiger partial charge in [0.1, 0.15) is 11.3 Å². The van der Waals surface area contributed by atoms with Crippen molar-refractivity contribution >= 4 is 11.7 Å². The number of non-ortho nitro benzene ring substituents is 1. The van der Waals surface area contributed by atoms with Crippen molar-refractivity contribution in [2.75, 3.05) is 13.7 Å². The standard InChI is InChI=1S/C25H27N3O5/c1-3-33-25(29)22-15-26-27(16-17-10-12-21(32-2)13-11-17)24(22)23(18-6-4-7-18)19-8-5-9-20(14-19)28(30)31/h5,8-15,18,23H,3-4,6-7,16H2,1-2H3. The Morgan fingerprint density at radius 3 is 2.61 bits per heavy atom. The molecule has 1 atom stereocenters. The van der Waals surface area contributed by atoms with E-state index in [4.69, 9.17) is 9.47 Å². The highest BCUT2D eigenvalue weighted by Gasteiger charge is 2.36. The second kappa shape index (κ2) is 9.85. The van der Waals surface area contributed by atoms with Crippen molar-refractivity contribution in [3.63, 3.8) is 0 Å². The monoisotopic (exact) mass is 449 g/mol. The van der Waals surface area contributed by atoms with Crippen LogP contribution in [0.3, 0.4) is 0 Å². The van der Waals surface area contributed by atoms with Gasteiger partial charge in [-0.15, -0.1) is 0 Å². The van der Waals surface area contributed by atoms with E-state index in [0.717, 1.165) is 41.8 Å². The van der Waals surface area contributed by atoms with E-state index >= 15 is 0 Å². The largest absolute Gasteiger partial charge is 0.497 e. The lowest BCUT2D eigenvalue weighted by Crippen LogP contribution is -2.26. The number of methoxy groups -OCH3 is 1. The lowest BCUT2D eigenvalue weighted by molar-refractivity contribution is -0.384. The fourth-order valence-corrected chi connectivity index (χ4v) is 4.38. The van der Waals surface area contributed by atoms with Gasteiger partial charge < -0.3 is 9.47 Å². The molecule has 1 aliphatic carbocycles. The highest BCUT2D eigenvalue weighted by molar-refractivity contribution is 5.91. The molecule has 33 heavy (non-hydrogen) atoms. The minimum Gasteiger partial charge on any atom is -0.497 e. The zero-order chi connectivity index (χ0) is 23.4. The normalized spacial score (nSPS) is 14.4. The Kier molecular flexibility index (Phi) is 6.72. The SMILES string of the molecule is CCOC(=O)c1cnn(Cc2ccc(OC)cc2)c1C(c1cccc([N+](=O)[O-])c1)C1CCC1. The number of hydrogen-bond acceptors (Lipinski definition) is 6. The smallest absolute Gasteiger partial charge is 0.341 e. The maximum absolute atomic E-state index is 12.9. The molecule has 1 unspecified atom stereocenters. The van der Waals surface area contributed by atoms with Crippen LogP contribution in [0.25, 0.3) is 0 Å². The van der Waals surface area contributed by atoms with E-state index in [1.165, 1.54) is 6.07 Å². The molecule has 8 nitrogen and oxygen atoms in total. The van der Waals surface area contributed by atoms with Crippen molar-refractivity contribution in [2.45, 2.75) is 38.6 Å². The Hall–Kier alpha value is -3.68. The molecule has 2 aromatic carbocycles. The maximum Gasteiger partial charge on any atom is 0.341 e. The van der Waals surface area contributed by atoms with Gasteiger partial charge in [0.05, 0.1) is 37.1 Å². The summed E-state index contributed by atoms with van der Waals surface area (Å²) >= 11 is 0. The number of nitro benzene ring substituents is 1. The first-order valence-electron chi connectivity index (χ1n) is 11.1. The predicted octanol–water partition coefficient (Wildman–Crippen LogP) is 4.96. The van der Waals surface area contributed by atoms with Crippen molar-refractivity contribution in [3.05, 3.63) is 87.2 Å². The summed E-state index contributed by atoms with van der Waals surface area (Å²) in [6.45, 7) is 2.48. The summed E-state index contributed by atoms with van der Waals surface area (Å²) in [6.07, 6.45) is 4.63. The molecule has 0 saturated heterocycles. The molecule has 1 aliphatic rings. The van der Waals surface area contributed by atoms with Gasteiger partial charge in [0.25, 0.3) is 5.69 Å². The molecular formula is C25H27N3O5. The Labute approximate surface area is 192 Å². The highest BCUT2D eigenvalue weighted by atomic mass is 16.6. The third kappa shape index (κ3) is 4.74. The number of nitro groups is 1. The minimum atomic E-state index is -0.428. The van der Waals surface area contributed by atoms with Crippen molar-refractivity contribution in [2.24, 2.45) is 5.92 Å². The van der Waals surface area contributed by atoms with Crippen molar-refractivity contribution in [3.8, 4) is 5.75 Å². The number of ether oxygens (including phenoxy) is 2. The summed E-state index contributed by atoms with van der Waals surface area (Å²) in [4.78, 5) is 23.9. The number of hydrogen-bond donors (Lipinski definition) is 0. The number of carbonyl (C=O) groups excluding carboxylic acids is 1. The lowest BCUT2D eigenvalue weighted by atomic mass is 9.71. The summed E-state index contributed by atoms with van der Waals surface area (Å²) in [5, 5.41) is 16.0. The van der Waals surface area contributed by atoms with Gasteiger partial charge in [-0.05, 0) is 48.9 Å². The van der Waals surface area contributed by atoms with Gasteiger partial charge in [-0.1, -0.05) is 30.7 Å². The molecule has 0 bridgehead atoms. The summed E-state index contributed by atoms with van der Waals surface area (Å²) in [5.74, 6) is 0.407. The zero-order valence-corrected chi connectivity index (χ0v) is 18.8. The van der Waals surface area contributed by atoms with Gasteiger partial charge in [-0.2, -0.15) is 5.10 Å². The molecule has 0 amide bonds. The number of carbonyl (C=O) groups is 1. The first kappa shape index (κ1) is 22.5. The van der Waals surface area contributed by atoms with Crippen molar-refractivity contribution < 1.29 is 19.2 Å². The third-order valence-electron chi connectivity index (χ3n) is 6.22. The zero-order valence-electron chi connectivity index (χ0n) is 18.8. The van der Waals surface area contributed by atoms with Gasteiger partial charge >= 0.3 is 5.97 Å². The van der Waals surface area contributed by atoms with Crippen LogP contribution >= 0.6 is 0 Å². The molecule has 8 heteroatoms. The van der Waals surface area contributed by atoms with Crippen molar-refractivity contribution in [1.29, 1.82) is 0 Å². The van der Waals surface area contributed by atoms with Crippen LogP contribution in [0.1, 0.15) is 59.3 Å². The molecular weight excluding hydrogens is 422 g/mol. The number of rotatable bonds is 9. The molecule has 172 valence electrons. The fourth-order valence-electron chi connectivity index (χ4n) is 4.38. The summed E-state index contributed by atoms with van der Waals surface area (Å²) < 4.78 is 12.4. The molecule has 4 rings (SSSR count). The quantitative estimate of drug-likeness (QED) is 0.260. The van der Waals surface area contributed by atoms with E-state index in [1.54, 1.807) is 32.4 Å². The number of aromatic nitrogens is 2. The fraction of sp³-hybridized carbons (Fsp3) is 0.360. The summed E-state index contributed by atoms with van der Waals surface area (Å²) in [7, 11) is 1.62. The van der Waals surface area contributed by atoms with Crippen LogP contribution in [0, 0.1) is 16.0 Å². The van der Waals surface area contributed by atoms with Gasteiger partial charge in [0.15, 0.2) is 0 Å². The van der Waals surface area contributed by atoms with E-state index in [2.05, 4.69) is 5.10 Å². The Morgan fingerprint density at radius 1 is 1.24 bits per heavy atom. The second-order valence-electron chi connectivity index (χ2n) is 8.19. The van der Waals surface area contributed by atoms with Crippen LogP contribution in [0.15, 0.2) is 54.7 Å². The van der Waals surface area contributed by atoms with E-state index in [-0.39, 0.29) is 29.1 Å². The van der Waals surface area contributed by atoms with Crippen LogP contribution in [0.2, 0.25) is 0 Å². The van der Waals surface area contributed by atoms with Crippen molar-refractivity contribution in [1.82, 2.24) is 9.78 Å². The molecule has 1 heterocycles. The third-order valence-corrected chi connectivity index (χ3v) is 6.22. The minimum absolute atomic E-state index is 0.0377. The lowest BCUT2D eigenvalue weighted by Gasteiger charge is -2.35. The average molecular weight is 450 g/mol. The van der Waals surface area contributed by atoms with E-state index < -0.39 is 5.97 Å². The first-order valence-corrected chi connectivity index (χ1v) is 11.1. The average Bonchev–Trinajstić information content (AvgIpc) is 3.20. The number of nitrogens with zero attached hydrogens (tertiary/aromatic N) is 3. The molecule has 0 aliphatic heterocycles. The van der Waals surface area contributed by atoms with Gasteiger partial charge in [-0.25, -0.2) is 4.79 Å². The molecule has 1 aromatic heterocycles. The van der Waals surface area contributed by atoms with E-state index in [1.807, 2.05) is 35.0 Å². The summed E-state index contributed by atoms with van der Waals surface area (Å²) in [6, 6.07) is 14.4. The molecule has 3 aromatic rings. The Balaban J connectivity index is 1.81. The van der Waals surface area contributed by atoms with Crippen LogP contribution in [-0.2, 0) is 11.3 Å².